The van der Waals surface area contributed by atoms with Crippen LogP contribution < -0.4 is 0 Å². The van der Waals surface area contributed by atoms with Crippen LogP contribution in [0.4, 0.5) is 0 Å². The summed E-state index contributed by atoms with van der Waals surface area (Å²) in [5, 5.41) is 9.43. The minimum absolute atomic E-state index is 0.282. The number of phenolic OH excluding ortho intramolecular Hbond substituents is 1. The second-order valence-corrected chi connectivity index (χ2v) is 4.98. The fourth-order valence-electron chi connectivity index (χ4n) is 2.45. The lowest BCUT2D eigenvalue weighted by Crippen LogP contribution is -2.00. The van der Waals surface area contributed by atoms with E-state index in [0.717, 1.165) is 36.3 Å². The van der Waals surface area contributed by atoms with E-state index in [0.29, 0.717) is 0 Å². The summed E-state index contributed by atoms with van der Waals surface area (Å²) in [6, 6.07) is 15.5. The monoisotopic (exact) mass is 266 g/mol. The van der Waals surface area contributed by atoms with Gasteiger partial charge in [0, 0.05) is 12.1 Å². The van der Waals surface area contributed by atoms with Crippen molar-refractivity contribution in [3.8, 4) is 17.1 Å². The van der Waals surface area contributed by atoms with Crippen molar-refractivity contribution in [2.45, 2.75) is 26.3 Å². The number of benzene rings is 2. The number of imidazole rings is 1. The van der Waals surface area contributed by atoms with Gasteiger partial charge in [-0.2, -0.15) is 0 Å². The number of hydrogen-bond donors (Lipinski definition) is 1. The molecule has 2 aromatic carbocycles. The minimum Gasteiger partial charge on any atom is -0.508 e. The van der Waals surface area contributed by atoms with E-state index < -0.39 is 0 Å². The Morgan fingerprint density at radius 2 is 1.80 bits per heavy atom. The van der Waals surface area contributed by atoms with E-state index in [2.05, 4.69) is 17.6 Å². The van der Waals surface area contributed by atoms with Crippen LogP contribution in [0.1, 0.15) is 19.8 Å². The lowest BCUT2D eigenvalue weighted by atomic mass is 10.2. The molecule has 0 atom stereocenters. The van der Waals surface area contributed by atoms with Gasteiger partial charge in [0.25, 0.3) is 0 Å². The highest BCUT2D eigenvalue weighted by Crippen LogP contribution is 2.26. The Hall–Kier alpha value is -2.29. The van der Waals surface area contributed by atoms with E-state index in [4.69, 9.17) is 4.98 Å². The zero-order valence-corrected chi connectivity index (χ0v) is 11.6. The third-order valence-corrected chi connectivity index (χ3v) is 3.52. The van der Waals surface area contributed by atoms with Crippen molar-refractivity contribution in [3.63, 3.8) is 0 Å². The maximum atomic E-state index is 9.43. The van der Waals surface area contributed by atoms with Gasteiger partial charge in [-0.05, 0) is 42.8 Å². The van der Waals surface area contributed by atoms with E-state index in [-0.39, 0.29) is 5.75 Å². The summed E-state index contributed by atoms with van der Waals surface area (Å²) < 4.78 is 2.27. The SMILES string of the molecule is CCCCn1c(-c2ccc(O)cc2)nc2ccccc21. The summed E-state index contributed by atoms with van der Waals surface area (Å²) in [5.41, 5.74) is 3.23. The molecule has 0 unspecified atom stereocenters. The van der Waals surface area contributed by atoms with Crippen molar-refractivity contribution >= 4 is 11.0 Å². The maximum Gasteiger partial charge on any atom is 0.141 e. The van der Waals surface area contributed by atoms with Crippen molar-refractivity contribution in [1.29, 1.82) is 0 Å². The van der Waals surface area contributed by atoms with Crippen molar-refractivity contribution in [2.75, 3.05) is 0 Å². The molecule has 0 bridgehead atoms. The van der Waals surface area contributed by atoms with Crippen molar-refractivity contribution in [1.82, 2.24) is 9.55 Å². The summed E-state index contributed by atoms with van der Waals surface area (Å²) in [6.07, 6.45) is 2.28. The van der Waals surface area contributed by atoms with E-state index in [1.165, 1.54) is 5.52 Å². The van der Waals surface area contributed by atoms with Crippen molar-refractivity contribution in [2.24, 2.45) is 0 Å². The highest BCUT2D eigenvalue weighted by Gasteiger charge is 2.11. The van der Waals surface area contributed by atoms with Gasteiger partial charge < -0.3 is 9.67 Å². The maximum absolute atomic E-state index is 9.43. The molecule has 1 N–H and O–H groups in total. The summed E-state index contributed by atoms with van der Waals surface area (Å²) >= 11 is 0. The molecule has 20 heavy (non-hydrogen) atoms. The van der Waals surface area contributed by atoms with Gasteiger partial charge >= 0.3 is 0 Å². The fourth-order valence-corrected chi connectivity index (χ4v) is 2.45. The molecule has 0 amide bonds. The third-order valence-electron chi connectivity index (χ3n) is 3.52. The largest absolute Gasteiger partial charge is 0.508 e. The minimum atomic E-state index is 0.282. The molecule has 0 radical (unpaired) electrons. The number of nitrogens with zero attached hydrogens (tertiary/aromatic N) is 2. The number of aromatic nitrogens is 2. The van der Waals surface area contributed by atoms with Crippen molar-refractivity contribution < 1.29 is 5.11 Å². The van der Waals surface area contributed by atoms with Crippen LogP contribution in [-0.2, 0) is 6.54 Å². The van der Waals surface area contributed by atoms with Crippen LogP contribution in [0, 0.1) is 0 Å². The third kappa shape index (κ3) is 2.27. The quantitative estimate of drug-likeness (QED) is 0.768. The molecular formula is C17H18N2O. The van der Waals surface area contributed by atoms with Crippen LogP contribution in [0.2, 0.25) is 0 Å². The Kier molecular flexibility index (Phi) is 3.42. The molecule has 3 heteroatoms. The molecule has 0 aliphatic carbocycles. The zero-order chi connectivity index (χ0) is 13.9. The normalized spacial score (nSPS) is 11.1. The van der Waals surface area contributed by atoms with Crippen LogP contribution in [0.25, 0.3) is 22.4 Å². The molecular weight excluding hydrogens is 248 g/mol. The number of para-hydroxylation sites is 2. The fraction of sp³-hybridized carbons (Fsp3) is 0.235. The van der Waals surface area contributed by atoms with Gasteiger partial charge in [-0.15, -0.1) is 0 Å². The van der Waals surface area contributed by atoms with Crippen LogP contribution in [0.5, 0.6) is 5.75 Å². The first-order valence-corrected chi connectivity index (χ1v) is 7.04. The number of aromatic hydroxyl groups is 1. The molecule has 0 saturated carbocycles. The van der Waals surface area contributed by atoms with Gasteiger partial charge in [0.1, 0.15) is 11.6 Å². The van der Waals surface area contributed by atoms with Crippen molar-refractivity contribution in [3.05, 3.63) is 48.5 Å². The van der Waals surface area contributed by atoms with Crippen LogP contribution in [0.15, 0.2) is 48.5 Å². The topological polar surface area (TPSA) is 38.0 Å². The van der Waals surface area contributed by atoms with Gasteiger partial charge in [-0.1, -0.05) is 25.5 Å². The lowest BCUT2D eigenvalue weighted by molar-refractivity contribution is 0.475. The van der Waals surface area contributed by atoms with Crippen LogP contribution in [-0.4, -0.2) is 14.7 Å². The Bertz CT molecular complexity index is 713. The summed E-state index contributed by atoms with van der Waals surface area (Å²) in [6.45, 7) is 3.16. The summed E-state index contributed by atoms with van der Waals surface area (Å²) in [7, 11) is 0. The molecule has 1 heterocycles. The van der Waals surface area contributed by atoms with E-state index >= 15 is 0 Å². The standard InChI is InChI=1S/C17H18N2O/c1-2-3-12-19-16-7-5-4-6-15(16)18-17(19)13-8-10-14(20)11-9-13/h4-11,20H,2-3,12H2,1H3. The molecule has 0 aliphatic rings. The molecule has 0 aliphatic heterocycles. The van der Waals surface area contributed by atoms with E-state index in [1.54, 1.807) is 12.1 Å². The second-order valence-electron chi connectivity index (χ2n) is 4.98. The average Bonchev–Trinajstić information content (AvgIpc) is 2.84. The molecule has 3 aromatic rings. The summed E-state index contributed by atoms with van der Waals surface area (Å²) in [4.78, 5) is 4.75. The van der Waals surface area contributed by atoms with Crippen LogP contribution >= 0.6 is 0 Å². The first kappa shape index (κ1) is 12.7. The number of unbranched alkanes of at least 4 members (excludes halogenated alkanes) is 1. The van der Waals surface area contributed by atoms with Gasteiger partial charge in [0.15, 0.2) is 0 Å². The van der Waals surface area contributed by atoms with Gasteiger partial charge in [0.05, 0.1) is 11.0 Å². The molecule has 0 saturated heterocycles. The van der Waals surface area contributed by atoms with Crippen LogP contribution in [0.3, 0.4) is 0 Å². The lowest BCUT2D eigenvalue weighted by Gasteiger charge is -2.08. The smallest absolute Gasteiger partial charge is 0.141 e. The Morgan fingerprint density at radius 1 is 1.05 bits per heavy atom. The molecule has 3 rings (SSSR count). The van der Waals surface area contributed by atoms with Gasteiger partial charge in [0.2, 0.25) is 0 Å². The molecule has 3 nitrogen and oxygen atoms in total. The van der Waals surface area contributed by atoms with Gasteiger partial charge in [-0.3, -0.25) is 0 Å². The highest BCUT2D eigenvalue weighted by molar-refractivity contribution is 5.80. The average molecular weight is 266 g/mol. The predicted molar refractivity (Wildman–Crippen MR) is 81.7 cm³/mol. The number of hydrogen-bond acceptors (Lipinski definition) is 2. The zero-order valence-electron chi connectivity index (χ0n) is 11.6. The van der Waals surface area contributed by atoms with Gasteiger partial charge in [-0.25, -0.2) is 4.98 Å². The Morgan fingerprint density at radius 3 is 2.55 bits per heavy atom. The first-order chi connectivity index (χ1) is 9.79. The predicted octanol–water partition coefficient (Wildman–Crippen LogP) is 4.21. The number of rotatable bonds is 4. The molecule has 1 aromatic heterocycles. The molecule has 0 spiro atoms. The number of fused-ring (bicyclic) bond motifs is 1. The highest BCUT2D eigenvalue weighted by atomic mass is 16.3. The molecule has 0 fully saturated rings. The number of phenols is 1. The van der Waals surface area contributed by atoms with E-state index in [9.17, 15) is 5.11 Å². The second kappa shape index (κ2) is 5.37. The Labute approximate surface area is 118 Å². The Balaban J connectivity index is 2.15. The number of aryl methyl sites for hydroxylation is 1. The van der Waals surface area contributed by atoms with E-state index in [1.807, 2.05) is 30.3 Å². The summed E-state index contributed by atoms with van der Waals surface area (Å²) in [5.74, 6) is 1.25. The first-order valence-electron chi connectivity index (χ1n) is 7.04. The molecule has 102 valence electrons.